The molecule has 0 heterocycles. The van der Waals surface area contributed by atoms with Gasteiger partial charge in [0.2, 0.25) is 0 Å². The number of carbonyl (C=O) groups excluding carboxylic acids is 1. The van der Waals surface area contributed by atoms with Crippen molar-refractivity contribution in [1.29, 1.82) is 0 Å². The summed E-state index contributed by atoms with van der Waals surface area (Å²) in [6, 6.07) is 0.370. The first kappa shape index (κ1) is 12.7. The molecule has 98 valence electrons. The second-order valence-corrected chi connectivity index (χ2v) is 6.75. The van der Waals surface area contributed by atoms with Crippen molar-refractivity contribution in [3.63, 3.8) is 0 Å². The van der Waals surface area contributed by atoms with Crippen molar-refractivity contribution in [2.24, 2.45) is 23.5 Å². The van der Waals surface area contributed by atoms with E-state index in [0.29, 0.717) is 12.0 Å². The van der Waals surface area contributed by atoms with Gasteiger partial charge in [-0.3, -0.25) is 0 Å². The van der Waals surface area contributed by atoms with E-state index >= 15 is 0 Å². The van der Waals surface area contributed by atoms with E-state index in [1.54, 1.807) is 0 Å². The molecule has 4 heteroatoms. The number of urea groups is 1. The van der Waals surface area contributed by atoms with Gasteiger partial charge in [0.25, 0.3) is 0 Å². The first-order valence-corrected chi connectivity index (χ1v) is 6.67. The fraction of sp³-hybridized carbons (Fsp3) is 0.923. The summed E-state index contributed by atoms with van der Waals surface area (Å²) in [5.41, 5.74) is 5.80. The molecule has 0 aromatic rings. The van der Waals surface area contributed by atoms with Crippen LogP contribution in [0.3, 0.4) is 0 Å². The van der Waals surface area contributed by atoms with Crippen LogP contribution in [0.15, 0.2) is 0 Å². The molecule has 4 atom stereocenters. The standard InChI is InChI=1S/C13H25N3O/c1-13(2,3)16-12(17)15-7-8-4-9-6-11(14)10(9)5-8/h8-11H,4-7,14H2,1-3H3,(H2,15,16,17). The minimum atomic E-state index is -0.166. The van der Waals surface area contributed by atoms with Gasteiger partial charge in [-0.2, -0.15) is 0 Å². The molecule has 2 rings (SSSR count). The molecule has 4 nitrogen and oxygen atoms in total. The van der Waals surface area contributed by atoms with Gasteiger partial charge in [0, 0.05) is 18.1 Å². The van der Waals surface area contributed by atoms with Crippen molar-refractivity contribution >= 4 is 6.03 Å². The SMILES string of the molecule is CC(C)(C)NC(=O)NCC1CC2CC(N)C2C1. The van der Waals surface area contributed by atoms with Gasteiger partial charge in [0.15, 0.2) is 0 Å². The van der Waals surface area contributed by atoms with E-state index in [1.165, 1.54) is 19.3 Å². The molecular weight excluding hydrogens is 214 g/mol. The number of amides is 2. The number of rotatable bonds is 2. The predicted octanol–water partition coefficient (Wildman–Crippen LogP) is 1.46. The molecule has 0 spiro atoms. The molecule has 0 aromatic carbocycles. The number of carbonyl (C=O) groups is 1. The first-order valence-electron chi connectivity index (χ1n) is 6.67. The maximum absolute atomic E-state index is 11.6. The van der Waals surface area contributed by atoms with Crippen LogP contribution in [0.5, 0.6) is 0 Å². The molecule has 2 aliphatic carbocycles. The second-order valence-electron chi connectivity index (χ2n) is 6.75. The van der Waals surface area contributed by atoms with Crippen LogP contribution in [0.2, 0.25) is 0 Å². The first-order chi connectivity index (χ1) is 7.85. The van der Waals surface area contributed by atoms with Crippen molar-refractivity contribution < 1.29 is 4.79 Å². The predicted molar refractivity (Wildman–Crippen MR) is 68.6 cm³/mol. The number of hydrogen-bond donors (Lipinski definition) is 3. The highest BCUT2D eigenvalue weighted by atomic mass is 16.2. The Morgan fingerprint density at radius 2 is 2.00 bits per heavy atom. The third-order valence-electron chi connectivity index (χ3n) is 4.01. The minimum absolute atomic E-state index is 0.0546. The zero-order valence-electron chi connectivity index (χ0n) is 11.1. The van der Waals surface area contributed by atoms with E-state index in [2.05, 4.69) is 10.6 Å². The average molecular weight is 239 g/mol. The molecule has 0 bridgehead atoms. The number of fused-ring (bicyclic) bond motifs is 1. The molecule has 0 saturated heterocycles. The van der Waals surface area contributed by atoms with Gasteiger partial charge in [-0.1, -0.05) is 0 Å². The lowest BCUT2D eigenvalue weighted by atomic mass is 9.72. The summed E-state index contributed by atoms with van der Waals surface area (Å²) in [4.78, 5) is 11.6. The quantitative estimate of drug-likeness (QED) is 0.683. The van der Waals surface area contributed by atoms with Crippen LogP contribution in [-0.2, 0) is 0 Å². The molecule has 0 aliphatic heterocycles. The van der Waals surface area contributed by atoms with Crippen LogP contribution >= 0.6 is 0 Å². The Bertz CT molecular complexity index is 298. The molecule has 2 saturated carbocycles. The Kier molecular flexibility index (Phi) is 3.34. The fourth-order valence-electron chi connectivity index (χ4n) is 3.19. The minimum Gasteiger partial charge on any atom is -0.338 e. The molecule has 2 amide bonds. The van der Waals surface area contributed by atoms with Crippen molar-refractivity contribution in [2.75, 3.05) is 6.54 Å². The molecule has 0 radical (unpaired) electrons. The summed E-state index contributed by atoms with van der Waals surface area (Å²) in [5, 5.41) is 5.89. The van der Waals surface area contributed by atoms with Gasteiger partial charge in [0.05, 0.1) is 0 Å². The summed E-state index contributed by atoms with van der Waals surface area (Å²) in [6.45, 7) is 6.76. The van der Waals surface area contributed by atoms with Crippen LogP contribution in [0, 0.1) is 17.8 Å². The van der Waals surface area contributed by atoms with Crippen LogP contribution in [0.1, 0.15) is 40.0 Å². The zero-order valence-corrected chi connectivity index (χ0v) is 11.1. The highest BCUT2D eigenvalue weighted by Gasteiger charge is 2.45. The van der Waals surface area contributed by atoms with Crippen LogP contribution < -0.4 is 16.4 Å². The lowest BCUT2D eigenvalue weighted by Gasteiger charge is -2.37. The molecule has 2 aliphatic rings. The lowest BCUT2D eigenvalue weighted by molar-refractivity contribution is 0.173. The summed E-state index contributed by atoms with van der Waals surface area (Å²) >= 11 is 0. The Morgan fingerprint density at radius 1 is 1.29 bits per heavy atom. The summed E-state index contributed by atoms with van der Waals surface area (Å²) in [5.74, 6) is 2.19. The van der Waals surface area contributed by atoms with E-state index in [0.717, 1.165) is 18.4 Å². The van der Waals surface area contributed by atoms with Crippen molar-refractivity contribution in [3.05, 3.63) is 0 Å². The van der Waals surface area contributed by atoms with E-state index in [9.17, 15) is 4.79 Å². The highest BCUT2D eigenvalue weighted by molar-refractivity contribution is 5.74. The van der Waals surface area contributed by atoms with Gasteiger partial charge in [-0.15, -0.1) is 0 Å². The normalized spacial score (nSPS) is 36.0. The smallest absolute Gasteiger partial charge is 0.315 e. The molecule has 4 unspecified atom stereocenters. The molecule has 4 N–H and O–H groups in total. The topological polar surface area (TPSA) is 67.2 Å². The van der Waals surface area contributed by atoms with Gasteiger partial charge < -0.3 is 16.4 Å². The van der Waals surface area contributed by atoms with Crippen LogP contribution in [0.4, 0.5) is 4.79 Å². The van der Waals surface area contributed by atoms with Crippen molar-refractivity contribution in [2.45, 2.75) is 51.6 Å². The third kappa shape index (κ3) is 3.12. The average Bonchev–Trinajstić information content (AvgIpc) is 2.49. The molecule has 2 fully saturated rings. The van der Waals surface area contributed by atoms with E-state index in [1.807, 2.05) is 20.8 Å². The maximum Gasteiger partial charge on any atom is 0.315 e. The van der Waals surface area contributed by atoms with Gasteiger partial charge in [-0.25, -0.2) is 4.79 Å². The molecule has 0 aromatic heterocycles. The molecular formula is C13H25N3O. The fourth-order valence-corrected chi connectivity index (χ4v) is 3.19. The summed E-state index contributed by atoms with van der Waals surface area (Å²) < 4.78 is 0. The zero-order chi connectivity index (χ0) is 12.6. The summed E-state index contributed by atoms with van der Waals surface area (Å²) in [7, 11) is 0. The number of nitrogens with two attached hydrogens (primary N) is 1. The van der Waals surface area contributed by atoms with E-state index in [4.69, 9.17) is 5.73 Å². The highest BCUT2D eigenvalue weighted by Crippen LogP contribution is 2.48. The Labute approximate surface area is 104 Å². The maximum atomic E-state index is 11.6. The number of nitrogens with one attached hydrogen (secondary N) is 2. The van der Waals surface area contributed by atoms with Crippen LogP contribution in [0.25, 0.3) is 0 Å². The lowest BCUT2D eigenvalue weighted by Crippen LogP contribution is -2.47. The van der Waals surface area contributed by atoms with Crippen molar-refractivity contribution in [1.82, 2.24) is 10.6 Å². The van der Waals surface area contributed by atoms with Gasteiger partial charge >= 0.3 is 6.03 Å². The van der Waals surface area contributed by atoms with E-state index in [-0.39, 0.29) is 11.6 Å². The van der Waals surface area contributed by atoms with Crippen molar-refractivity contribution in [3.8, 4) is 0 Å². The van der Waals surface area contributed by atoms with E-state index < -0.39 is 0 Å². The Hall–Kier alpha value is -0.770. The van der Waals surface area contributed by atoms with Gasteiger partial charge in [0.1, 0.15) is 0 Å². The second kappa shape index (κ2) is 4.48. The monoisotopic (exact) mass is 239 g/mol. The number of hydrogen-bond acceptors (Lipinski definition) is 2. The van der Waals surface area contributed by atoms with Gasteiger partial charge in [-0.05, 0) is 57.8 Å². The largest absolute Gasteiger partial charge is 0.338 e. The van der Waals surface area contributed by atoms with Crippen LogP contribution in [-0.4, -0.2) is 24.2 Å². The Morgan fingerprint density at radius 3 is 2.53 bits per heavy atom. The Balaban J connectivity index is 1.68. The third-order valence-corrected chi connectivity index (χ3v) is 4.01. The molecule has 17 heavy (non-hydrogen) atoms. The summed E-state index contributed by atoms with van der Waals surface area (Å²) in [6.07, 6.45) is 3.63.